The van der Waals surface area contributed by atoms with Crippen LogP contribution in [0.3, 0.4) is 0 Å². The van der Waals surface area contributed by atoms with Crippen LogP contribution in [0, 0.1) is 5.92 Å². The molecule has 2 aliphatic heterocycles. The molecule has 0 radical (unpaired) electrons. The van der Waals surface area contributed by atoms with Crippen molar-refractivity contribution in [3.63, 3.8) is 0 Å². The Balaban J connectivity index is 1.37. The number of nitrogens with zero attached hydrogens (tertiary/aromatic N) is 3. The third kappa shape index (κ3) is 3.50. The highest BCUT2D eigenvalue weighted by Crippen LogP contribution is 2.35. The minimum atomic E-state index is -3.81. The number of carbonyl (C=O) groups is 1. The lowest BCUT2D eigenvalue weighted by Crippen LogP contribution is -2.40. The third-order valence-corrected chi connectivity index (χ3v) is 8.38. The smallest absolute Gasteiger partial charge is 0.293 e. The molecule has 2 aromatic rings. The van der Waals surface area contributed by atoms with Crippen molar-refractivity contribution < 1.29 is 17.6 Å². The fourth-order valence-corrected chi connectivity index (χ4v) is 6.37. The number of nitrogens with two attached hydrogens (primary N) is 1. The molecule has 1 unspecified atom stereocenters. The summed E-state index contributed by atoms with van der Waals surface area (Å²) in [5.74, 6) is 0.504. The van der Waals surface area contributed by atoms with Crippen LogP contribution < -0.4 is 10.6 Å². The maximum atomic E-state index is 13.3. The zero-order valence-corrected chi connectivity index (χ0v) is 18.1. The first kappa shape index (κ1) is 20.1. The Morgan fingerprint density at radius 3 is 2.71 bits per heavy atom. The van der Waals surface area contributed by atoms with E-state index in [2.05, 4.69) is 4.99 Å². The Hall–Kier alpha value is -2.81. The van der Waals surface area contributed by atoms with Crippen LogP contribution in [0.2, 0.25) is 0 Å². The number of fused-ring (bicyclic) bond motifs is 1. The van der Waals surface area contributed by atoms with Gasteiger partial charge in [-0.3, -0.25) is 4.79 Å². The SMILES string of the molecule is NC1=NC(C2CCCCC2)CN1S(=O)(=O)c1ccc2c(c1)CCN2C(=O)c1ccco1. The summed E-state index contributed by atoms with van der Waals surface area (Å²) in [5, 5.41) is 0. The van der Waals surface area contributed by atoms with E-state index in [9.17, 15) is 13.2 Å². The highest BCUT2D eigenvalue weighted by molar-refractivity contribution is 7.89. The topological polar surface area (TPSA) is 109 Å². The van der Waals surface area contributed by atoms with Crippen LogP contribution in [0.4, 0.5) is 5.69 Å². The van der Waals surface area contributed by atoms with E-state index in [1.807, 2.05) is 0 Å². The second-order valence-electron chi connectivity index (χ2n) is 8.46. The minimum absolute atomic E-state index is 0.0640. The molecule has 3 heterocycles. The van der Waals surface area contributed by atoms with Crippen molar-refractivity contribution in [2.45, 2.75) is 49.5 Å². The Morgan fingerprint density at radius 2 is 1.97 bits per heavy atom. The van der Waals surface area contributed by atoms with Crippen LogP contribution >= 0.6 is 0 Å². The number of guanidine groups is 1. The molecular formula is C22H26N4O4S. The summed E-state index contributed by atoms with van der Waals surface area (Å²) < 4.78 is 33.2. The molecule has 31 heavy (non-hydrogen) atoms. The molecule has 164 valence electrons. The summed E-state index contributed by atoms with van der Waals surface area (Å²) in [6, 6.07) is 8.12. The number of hydrogen-bond donors (Lipinski definition) is 1. The van der Waals surface area contributed by atoms with Gasteiger partial charge in [-0.15, -0.1) is 0 Å². The maximum absolute atomic E-state index is 13.3. The minimum Gasteiger partial charge on any atom is -0.459 e. The van der Waals surface area contributed by atoms with E-state index in [1.165, 1.54) is 29.8 Å². The van der Waals surface area contributed by atoms with Crippen molar-refractivity contribution in [3.8, 4) is 0 Å². The molecule has 3 aliphatic rings. The van der Waals surface area contributed by atoms with Gasteiger partial charge in [0, 0.05) is 12.2 Å². The molecular weight excluding hydrogens is 416 g/mol. The van der Waals surface area contributed by atoms with Crippen molar-refractivity contribution in [1.29, 1.82) is 0 Å². The number of sulfonamides is 1. The number of hydrogen-bond acceptors (Lipinski definition) is 6. The predicted octanol–water partition coefficient (Wildman–Crippen LogP) is 2.75. The zero-order chi connectivity index (χ0) is 21.6. The Morgan fingerprint density at radius 1 is 1.16 bits per heavy atom. The van der Waals surface area contributed by atoms with Crippen LogP contribution in [0.1, 0.15) is 48.2 Å². The number of aliphatic imine (C=N–C) groups is 1. The summed E-state index contributed by atoms with van der Waals surface area (Å²) in [7, 11) is -3.81. The molecule has 0 spiro atoms. The van der Waals surface area contributed by atoms with Crippen molar-refractivity contribution in [3.05, 3.63) is 47.9 Å². The van der Waals surface area contributed by atoms with Crippen LogP contribution in [0.15, 0.2) is 50.9 Å². The molecule has 1 saturated carbocycles. The maximum Gasteiger partial charge on any atom is 0.293 e. The van der Waals surface area contributed by atoms with E-state index in [0.29, 0.717) is 31.1 Å². The van der Waals surface area contributed by atoms with Crippen LogP contribution in [-0.2, 0) is 16.4 Å². The lowest BCUT2D eigenvalue weighted by Gasteiger charge is -2.26. The molecule has 1 atom stereocenters. The van der Waals surface area contributed by atoms with E-state index < -0.39 is 10.0 Å². The fraction of sp³-hybridized carbons (Fsp3) is 0.455. The molecule has 1 aliphatic carbocycles. The first-order chi connectivity index (χ1) is 14.9. The summed E-state index contributed by atoms with van der Waals surface area (Å²) in [5.41, 5.74) is 7.59. The first-order valence-corrected chi connectivity index (χ1v) is 12.2. The predicted molar refractivity (Wildman–Crippen MR) is 116 cm³/mol. The molecule has 0 saturated heterocycles. The van der Waals surface area contributed by atoms with Gasteiger partial charge in [0.2, 0.25) is 5.96 Å². The van der Waals surface area contributed by atoms with E-state index in [0.717, 1.165) is 18.4 Å². The van der Waals surface area contributed by atoms with Gasteiger partial charge in [-0.1, -0.05) is 19.3 Å². The molecule has 1 amide bonds. The summed E-state index contributed by atoms with van der Waals surface area (Å²) >= 11 is 0. The van der Waals surface area contributed by atoms with E-state index >= 15 is 0 Å². The molecule has 1 aromatic carbocycles. The lowest BCUT2D eigenvalue weighted by atomic mass is 9.84. The molecule has 5 rings (SSSR count). The van der Waals surface area contributed by atoms with Gasteiger partial charge in [-0.05, 0) is 61.1 Å². The summed E-state index contributed by atoms with van der Waals surface area (Å²) in [6.07, 6.45) is 7.77. The van der Waals surface area contributed by atoms with Gasteiger partial charge >= 0.3 is 0 Å². The molecule has 9 heteroatoms. The number of carbonyl (C=O) groups excluding carboxylic acids is 1. The van der Waals surface area contributed by atoms with E-state index in [1.54, 1.807) is 35.2 Å². The second-order valence-corrected chi connectivity index (χ2v) is 10.3. The van der Waals surface area contributed by atoms with Gasteiger partial charge in [0.15, 0.2) is 5.76 Å². The average molecular weight is 443 g/mol. The Labute approximate surface area is 181 Å². The third-order valence-electron chi connectivity index (χ3n) is 6.61. The Kier molecular flexibility index (Phi) is 5.00. The number of amides is 1. The standard InChI is InChI=1S/C22H26N4O4S/c23-22-24-18(15-5-2-1-3-6-15)14-26(22)31(28,29)17-8-9-19-16(13-17)10-11-25(19)21(27)20-7-4-12-30-20/h4,7-9,12-13,15,18H,1-3,5-6,10-11,14H2,(H2,23,24). The zero-order valence-electron chi connectivity index (χ0n) is 17.2. The monoisotopic (exact) mass is 442 g/mol. The van der Waals surface area contributed by atoms with E-state index in [4.69, 9.17) is 10.2 Å². The molecule has 0 bridgehead atoms. The first-order valence-electron chi connectivity index (χ1n) is 10.8. The largest absolute Gasteiger partial charge is 0.459 e. The van der Waals surface area contributed by atoms with Gasteiger partial charge < -0.3 is 15.1 Å². The van der Waals surface area contributed by atoms with Crippen molar-refractivity contribution in [2.24, 2.45) is 16.6 Å². The number of benzene rings is 1. The number of anilines is 1. The van der Waals surface area contributed by atoms with Crippen molar-refractivity contribution in [1.82, 2.24) is 4.31 Å². The molecule has 1 fully saturated rings. The summed E-state index contributed by atoms with van der Waals surface area (Å²) in [6.45, 7) is 0.786. The highest BCUT2D eigenvalue weighted by Gasteiger charge is 2.38. The van der Waals surface area contributed by atoms with Gasteiger partial charge in [0.25, 0.3) is 15.9 Å². The average Bonchev–Trinajstić information content (AvgIpc) is 3.53. The normalized spacial score (nSPS) is 21.9. The molecule has 1 aromatic heterocycles. The van der Waals surface area contributed by atoms with Crippen molar-refractivity contribution >= 4 is 27.6 Å². The van der Waals surface area contributed by atoms with Gasteiger partial charge in [0.05, 0.1) is 23.7 Å². The van der Waals surface area contributed by atoms with Gasteiger partial charge in [0.1, 0.15) is 0 Å². The van der Waals surface area contributed by atoms with Crippen LogP contribution in [0.25, 0.3) is 0 Å². The fourth-order valence-electron chi connectivity index (χ4n) is 4.94. The van der Waals surface area contributed by atoms with Crippen LogP contribution in [0.5, 0.6) is 0 Å². The highest BCUT2D eigenvalue weighted by atomic mass is 32.2. The number of rotatable bonds is 4. The summed E-state index contributed by atoms with van der Waals surface area (Å²) in [4.78, 5) is 19.0. The molecule has 2 N–H and O–H groups in total. The van der Waals surface area contributed by atoms with Crippen LogP contribution in [-0.4, -0.2) is 43.7 Å². The Bertz CT molecular complexity index is 1120. The van der Waals surface area contributed by atoms with Gasteiger partial charge in [-0.25, -0.2) is 17.7 Å². The van der Waals surface area contributed by atoms with Crippen molar-refractivity contribution in [2.75, 3.05) is 18.0 Å². The number of furan rings is 1. The second kappa shape index (κ2) is 7.71. The lowest BCUT2D eigenvalue weighted by molar-refractivity contribution is 0.0963. The van der Waals surface area contributed by atoms with Gasteiger partial charge in [-0.2, -0.15) is 0 Å². The van der Waals surface area contributed by atoms with E-state index in [-0.39, 0.29) is 28.6 Å². The molecule has 8 nitrogen and oxygen atoms in total. The quantitative estimate of drug-likeness (QED) is 0.783.